The average Bonchev–Trinajstić information content (AvgIpc) is 3.66. The largest absolute Gasteiger partial charge is 0.494 e. The van der Waals surface area contributed by atoms with Gasteiger partial charge in [-0.25, -0.2) is 14.8 Å². The normalized spacial score (nSPS) is 18.6. The van der Waals surface area contributed by atoms with Crippen molar-refractivity contribution < 1.29 is 9.90 Å². The highest BCUT2D eigenvalue weighted by atomic mass is 35.5. The van der Waals surface area contributed by atoms with Crippen LogP contribution < -0.4 is 32.1 Å². The Morgan fingerprint density at radius 3 is 2.70 bits per heavy atom. The number of imidazole rings is 1. The molecule has 0 bridgehead atoms. The van der Waals surface area contributed by atoms with Gasteiger partial charge in [0.2, 0.25) is 11.8 Å². The number of nitrogens with one attached hydrogen (secondary N) is 1. The number of aliphatic hydroxyl groups is 1. The van der Waals surface area contributed by atoms with Crippen LogP contribution in [0.25, 0.3) is 17.2 Å². The molecule has 4 N–H and O–H groups in total. The van der Waals surface area contributed by atoms with Crippen molar-refractivity contribution in [3.63, 3.8) is 0 Å². The molecule has 4 aromatic heterocycles. The highest BCUT2D eigenvalue weighted by Gasteiger charge is 2.43. The van der Waals surface area contributed by atoms with Crippen LogP contribution in [0.4, 0.5) is 11.6 Å². The lowest BCUT2D eigenvalue weighted by atomic mass is 9.74. The van der Waals surface area contributed by atoms with E-state index >= 15 is 0 Å². The molecule has 44 heavy (non-hydrogen) atoms. The first-order valence-corrected chi connectivity index (χ1v) is 15.6. The summed E-state index contributed by atoms with van der Waals surface area (Å²) in [6.07, 6.45) is 12.7. The summed E-state index contributed by atoms with van der Waals surface area (Å²) in [4.78, 5) is 41.8. The monoisotopic (exact) mass is 628 g/mol. The lowest BCUT2D eigenvalue weighted by Gasteiger charge is -2.42. The van der Waals surface area contributed by atoms with E-state index < -0.39 is 11.4 Å². The lowest BCUT2D eigenvalue weighted by molar-refractivity contribution is 0.197. The van der Waals surface area contributed by atoms with Gasteiger partial charge < -0.3 is 21.1 Å². The summed E-state index contributed by atoms with van der Waals surface area (Å²) in [5, 5.41) is 13.6. The number of nitrogens with zero attached hydrogens (tertiary/aromatic N) is 6. The van der Waals surface area contributed by atoms with Gasteiger partial charge in [0.25, 0.3) is 5.56 Å². The molecule has 1 atom stereocenters. The van der Waals surface area contributed by atoms with Gasteiger partial charge >= 0.3 is 0 Å². The van der Waals surface area contributed by atoms with Gasteiger partial charge in [0.1, 0.15) is 10.9 Å². The number of rotatable bonds is 5. The van der Waals surface area contributed by atoms with Crippen LogP contribution in [0.15, 0.2) is 75.8 Å². The average molecular weight is 629 g/mol. The van der Waals surface area contributed by atoms with Crippen molar-refractivity contribution in [3.05, 3.63) is 87.1 Å². The summed E-state index contributed by atoms with van der Waals surface area (Å²) in [5.74, 6) is 2.04. The fourth-order valence-electron chi connectivity index (χ4n) is 6.53. The van der Waals surface area contributed by atoms with Gasteiger partial charge in [-0.2, -0.15) is 4.98 Å². The molecular weight excluding hydrogens is 600 g/mol. The number of aliphatic hydroxyl groups excluding tert-OH is 1. The molecule has 0 unspecified atom stereocenters. The van der Waals surface area contributed by atoms with E-state index in [9.17, 15) is 14.7 Å². The zero-order chi connectivity index (χ0) is 30.4. The molecule has 1 saturated heterocycles. The fourth-order valence-corrected chi connectivity index (χ4v) is 7.75. The van der Waals surface area contributed by atoms with E-state index in [1.54, 1.807) is 48.7 Å². The lowest BCUT2D eigenvalue weighted by Crippen LogP contribution is -2.48. The summed E-state index contributed by atoms with van der Waals surface area (Å²) in [5.41, 5.74) is 7.33. The van der Waals surface area contributed by atoms with Gasteiger partial charge in [-0.15, -0.1) is 0 Å². The molecule has 2 aliphatic rings. The molecule has 13 heteroatoms. The highest BCUT2D eigenvalue weighted by Crippen LogP contribution is 2.46. The summed E-state index contributed by atoms with van der Waals surface area (Å²) in [7, 11) is 0. The minimum absolute atomic E-state index is 0.157. The van der Waals surface area contributed by atoms with E-state index in [2.05, 4.69) is 20.2 Å². The number of benzene rings is 1. The Bertz CT molecular complexity index is 2120. The standard InChI is InChI=1S/C31H29ClN8O3S/c32-26-19(36-28(42)25-20(18-41)39-13-2-1-8-24(39)37-29(25)43)5-3-6-21(26)44-22-17-35-30(40-16-12-34-27(22)40)38-14-10-31(11-15-38)9-4-7-23(31)33/h1-3,5-6,8,12-13,16-17,23,36,42H,4,7,9-11,14-15,33H2/t23-/m1/s1. The third kappa shape index (κ3) is 4.80. The van der Waals surface area contributed by atoms with Crippen LogP contribution in [-0.2, 0) is 4.79 Å². The predicted molar refractivity (Wildman–Crippen MR) is 169 cm³/mol. The van der Waals surface area contributed by atoms with E-state index in [0.29, 0.717) is 15.6 Å². The van der Waals surface area contributed by atoms with Gasteiger partial charge in [-0.3, -0.25) is 13.6 Å². The van der Waals surface area contributed by atoms with E-state index in [1.165, 1.54) is 29.0 Å². The topological polar surface area (TPSA) is 143 Å². The first-order chi connectivity index (χ1) is 21.4. The second kappa shape index (κ2) is 11.3. The Hall–Kier alpha value is -4.35. The van der Waals surface area contributed by atoms with Crippen LogP contribution in [0.3, 0.4) is 0 Å². The summed E-state index contributed by atoms with van der Waals surface area (Å²) >= 11 is 8.18. The highest BCUT2D eigenvalue weighted by molar-refractivity contribution is 7.99. The van der Waals surface area contributed by atoms with Crippen molar-refractivity contribution in [3.8, 4) is 0 Å². The van der Waals surface area contributed by atoms with Gasteiger partial charge in [-0.1, -0.05) is 41.9 Å². The molecular formula is C31H29ClN8O3S. The number of hydrogen-bond acceptors (Lipinski definition) is 10. The smallest absolute Gasteiger partial charge is 0.287 e. The Morgan fingerprint density at radius 2 is 1.93 bits per heavy atom. The number of halogens is 1. The fraction of sp³-hybridized carbons (Fsp3) is 0.290. The van der Waals surface area contributed by atoms with Crippen molar-refractivity contribution in [2.45, 2.75) is 47.9 Å². The molecule has 0 radical (unpaired) electrons. The molecule has 11 nitrogen and oxygen atoms in total. The Balaban J connectivity index is 1.18. The van der Waals surface area contributed by atoms with Crippen LogP contribution in [-0.4, -0.2) is 53.9 Å². The van der Waals surface area contributed by atoms with Crippen LogP contribution in [0.5, 0.6) is 0 Å². The molecule has 1 aromatic carbocycles. The van der Waals surface area contributed by atoms with Gasteiger partial charge in [0, 0.05) is 48.8 Å². The van der Waals surface area contributed by atoms with Gasteiger partial charge in [0.05, 0.1) is 15.6 Å². The molecule has 1 spiro atoms. The molecule has 224 valence electrons. The van der Waals surface area contributed by atoms with Crippen molar-refractivity contribution in [1.29, 1.82) is 0 Å². The van der Waals surface area contributed by atoms with Crippen molar-refractivity contribution in [1.82, 2.24) is 23.8 Å². The molecule has 5 aromatic rings. The number of fused-ring (bicyclic) bond motifs is 2. The maximum Gasteiger partial charge on any atom is 0.287 e. The van der Waals surface area contributed by atoms with Crippen molar-refractivity contribution >= 4 is 58.1 Å². The van der Waals surface area contributed by atoms with Crippen LogP contribution in [0, 0.1) is 5.41 Å². The zero-order valence-electron chi connectivity index (χ0n) is 23.6. The molecule has 1 aliphatic carbocycles. The molecule has 5 heterocycles. The molecule has 1 saturated carbocycles. The van der Waals surface area contributed by atoms with Gasteiger partial charge in [-0.05, 0) is 55.4 Å². The maximum absolute atomic E-state index is 12.8. The second-order valence-corrected chi connectivity index (χ2v) is 12.7. The first kappa shape index (κ1) is 28.4. The SMILES string of the molecule is N[C@@H]1CCCC12CCN(c1ncc(Sc3cccc(NC(O)=c4c(=O)nc5ccccn5c4=C=O)c3Cl)c3nccn13)CC2. The zero-order valence-corrected chi connectivity index (χ0v) is 25.2. The Kier molecular flexibility index (Phi) is 7.30. The van der Waals surface area contributed by atoms with E-state index in [-0.39, 0.29) is 27.7 Å². The summed E-state index contributed by atoms with van der Waals surface area (Å²) in [6, 6.07) is 10.5. The predicted octanol–water partition coefficient (Wildman–Crippen LogP) is 2.88. The molecule has 7 rings (SSSR count). The molecule has 0 amide bonds. The second-order valence-electron chi connectivity index (χ2n) is 11.3. The van der Waals surface area contributed by atoms with Crippen molar-refractivity contribution in [2.24, 2.45) is 11.1 Å². The summed E-state index contributed by atoms with van der Waals surface area (Å²) < 4.78 is 3.38. The van der Waals surface area contributed by atoms with Gasteiger partial charge in [0.15, 0.2) is 16.9 Å². The van der Waals surface area contributed by atoms with Crippen LogP contribution in [0.2, 0.25) is 5.02 Å². The number of anilines is 2. The minimum atomic E-state index is -0.774. The number of aromatic nitrogens is 5. The third-order valence-electron chi connectivity index (χ3n) is 8.91. The quantitative estimate of drug-likeness (QED) is 0.266. The van der Waals surface area contributed by atoms with E-state index in [1.807, 2.05) is 22.9 Å². The molecule has 1 aliphatic heterocycles. The maximum atomic E-state index is 12.8. The Labute approximate surface area is 260 Å². The summed E-state index contributed by atoms with van der Waals surface area (Å²) in [6.45, 7) is 1.81. The first-order valence-electron chi connectivity index (χ1n) is 14.4. The number of pyridine rings is 1. The number of nitrogens with two attached hydrogens (primary N) is 1. The van der Waals surface area contributed by atoms with Crippen LogP contribution >= 0.6 is 23.4 Å². The van der Waals surface area contributed by atoms with Crippen molar-refractivity contribution in [2.75, 3.05) is 23.3 Å². The molecule has 2 fully saturated rings. The van der Waals surface area contributed by atoms with Crippen LogP contribution in [0.1, 0.15) is 32.1 Å². The van der Waals surface area contributed by atoms with E-state index in [4.69, 9.17) is 22.3 Å². The third-order valence-corrected chi connectivity index (χ3v) is 10.5. The number of hydrogen-bond donors (Lipinski definition) is 3. The Morgan fingerprint density at radius 1 is 1.09 bits per heavy atom. The number of piperidine rings is 1. The number of carbonyl (C=O) groups excluding carboxylic acids is 1. The van der Waals surface area contributed by atoms with E-state index in [0.717, 1.165) is 48.8 Å². The minimum Gasteiger partial charge on any atom is -0.494 e.